The highest BCUT2D eigenvalue weighted by molar-refractivity contribution is 6.35. The average Bonchev–Trinajstić information content (AvgIpc) is 3.56. The molecule has 0 bridgehead atoms. The number of piperidine rings is 1. The molecule has 1 fully saturated rings. The lowest BCUT2D eigenvalue weighted by Gasteiger charge is -2.40. The Balaban J connectivity index is 1.38. The number of pyridine rings is 1. The van der Waals surface area contributed by atoms with E-state index in [2.05, 4.69) is 65.6 Å². The Bertz CT molecular complexity index is 1980. The molecule has 1 aliphatic heterocycles. The van der Waals surface area contributed by atoms with Crippen LogP contribution in [0.2, 0.25) is 10.0 Å². The molecular weight excluding hydrogens is 648 g/mol. The van der Waals surface area contributed by atoms with Gasteiger partial charge in [-0.2, -0.15) is 5.26 Å². The summed E-state index contributed by atoms with van der Waals surface area (Å²) in [7, 11) is 1.69. The van der Waals surface area contributed by atoms with Crippen molar-refractivity contribution in [1.82, 2.24) is 24.9 Å². The highest BCUT2D eigenvalue weighted by Crippen LogP contribution is 2.37. The van der Waals surface area contributed by atoms with E-state index < -0.39 is 5.82 Å². The molecule has 11 heteroatoms. The summed E-state index contributed by atoms with van der Waals surface area (Å²) < 4.78 is 21.4. The molecule has 1 atom stereocenters. The molecule has 0 radical (unpaired) electrons. The maximum atomic E-state index is 13.9. The van der Waals surface area contributed by atoms with Gasteiger partial charge in [-0.1, -0.05) is 52.7 Å². The summed E-state index contributed by atoms with van der Waals surface area (Å²) >= 11 is 12.9. The van der Waals surface area contributed by atoms with Crippen LogP contribution in [-0.4, -0.2) is 50.6 Å². The highest BCUT2D eigenvalue weighted by Gasteiger charge is 2.29. The average molecular weight is 687 g/mol. The third-order valence-electron chi connectivity index (χ3n) is 9.07. The standard InChI is InChI=1S/C37H38Cl2FN7O/c1-37(2,3)46-12-10-28(11-13-46)47-21-34(44-45-47)29(25-7-5-6-23(14-25)22-48-4)15-24-16-30-35(43-27-8-9-33(40)31(38)18-27)26(19-41)20-42-36(30)32(39)17-24/h5-9,14,16-18,20-21,28-29H,10-13,15,22H2,1-4H3,(H,42,43)/t29-/m0/s1. The molecule has 5 aromatic rings. The van der Waals surface area contributed by atoms with E-state index in [-0.39, 0.29) is 22.5 Å². The van der Waals surface area contributed by atoms with E-state index in [9.17, 15) is 9.65 Å². The van der Waals surface area contributed by atoms with Crippen LogP contribution in [0.3, 0.4) is 0 Å². The Morgan fingerprint density at radius 2 is 1.85 bits per heavy atom. The van der Waals surface area contributed by atoms with Gasteiger partial charge >= 0.3 is 0 Å². The maximum absolute atomic E-state index is 13.9. The van der Waals surface area contributed by atoms with Crippen molar-refractivity contribution in [2.24, 2.45) is 0 Å². The molecule has 0 unspecified atom stereocenters. The molecule has 248 valence electrons. The number of fused-ring (bicyclic) bond motifs is 1. The zero-order valence-electron chi connectivity index (χ0n) is 27.5. The van der Waals surface area contributed by atoms with Crippen molar-refractivity contribution in [2.75, 3.05) is 25.5 Å². The van der Waals surface area contributed by atoms with E-state index in [4.69, 9.17) is 33.0 Å². The lowest BCUT2D eigenvalue weighted by Crippen LogP contribution is -2.46. The molecule has 3 aromatic carbocycles. The van der Waals surface area contributed by atoms with Crippen molar-refractivity contribution in [3.05, 3.63) is 111 Å². The van der Waals surface area contributed by atoms with Gasteiger partial charge in [0.2, 0.25) is 0 Å². The predicted octanol–water partition coefficient (Wildman–Crippen LogP) is 8.84. The Morgan fingerprint density at radius 3 is 2.56 bits per heavy atom. The van der Waals surface area contributed by atoms with Crippen molar-refractivity contribution in [3.8, 4) is 6.07 Å². The molecule has 1 aliphatic rings. The smallest absolute Gasteiger partial charge is 0.141 e. The first kappa shape index (κ1) is 33.8. The summed E-state index contributed by atoms with van der Waals surface area (Å²) in [6.07, 6.45) is 6.16. The van der Waals surface area contributed by atoms with Crippen LogP contribution >= 0.6 is 23.2 Å². The van der Waals surface area contributed by atoms with Crippen molar-refractivity contribution < 1.29 is 9.13 Å². The Labute approximate surface area is 290 Å². The minimum atomic E-state index is -0.527. The number of hydrogen-bond donors (Lipinski definition) is 1. The summed E-state index contributed by atoms with van der Waals surface area (Å²) in [6, 6.07) is 19.1. The van der Waals surface area contributed by atoms with E-state index in [1.54, 1.807) is 13.2 Å². The van der Waals surface area contributed by atoms with E-state index in [0.717, 1.165) is 48.3 Å². The van der Waals surface area contributed by atoms with Gasteiger partial charge in [0.15, 0.2) is 0 Å². The SMILES string of the molecule is COCc1cccc([C@H](Cc2cc(Cl)c3ncc(C#N)c(Nc4ccc(F)c(Cl)c4)c3c2)c2cn(C3CCN(C(C)(C)C)CC3)nn2)c1. The minimum Gasteiger partial charge on any atom is -0.380 e. The third kappa shape index (κ3) is 7.32. The number of benzene rings is 3. The summed E-state index contributed by atoms with van der Waals surface area (Å²) in [5.41, 5.74) is 5.99. The van der Waals surface area contributed by atoms with Crippen LogP contribution in [0, 0.1) is 17.1 Å². The van der Waals surface area contributed by atoms with Crippen LogP contribution in [0.15, 0.2) is 67.0 Å². The molecule has 6 rings (SSSR count). The fraction of sp³-hybridized carbons (Fsp3) is 0.351. The van der Waals surface area contributed by atoms with Crippen LogP contribution in [0.4, 0.5) is 15.8 Å². The highest BCUT2D eigenvalue weighted by atomic mass is 35.5. The lowest BCUT2D eigenvalue weighted by atomic mass is 9.88. The number of likely N-dealkylation sites (tertiary alicyclic amines) is 1. The van der Waals surface area contributed by atoms with E-state index in [1.807, 2.05) is 28.9 Å². The largest absolute Gasteiger partial charge is 0.380 e. The third-order valence-corrected chi connectivity index (χ3v) is 9.65. The molecule has 0 amide bonds. The topological polar surface area (TPSA) is 91.9 Å². The molecule has 3 heterocycles. The van der Waals surface area contributed by atoms with Crippen molar-refractivity contribution in [3.63, 3.8) is 0 Å². The monoisotopic (exact) mass is 685 g/mol. The number of aromatic nitrogens is 4. The maximum Gasteiger partial charge on any atom is 0.141 e. The molecule has 0 saturated carbocycles. The van der Waals surface area contributed by atoms with Crippen LogP contribution in [0.1, 0.15) is 73.5 Å². The Kier molecular flexibility index (Phi) is 10.00. The molecule has 0 spiro atoms. The number of rotatable bonds is 9. The van der Waals surface area contributed by atoms with Crippen LogP contribution in [-0.2, 0) is 17.8 Å². The summed E-state index contributed by atoms with van der Waals surface area (Å²) in [5.74, 6) is -0.668. The number of hydrogen-bond acceptors (Lipinski definition) is 7. The van der Waals surface area contributed by atoms with Crippen molar-refractivity contribution in [1.29, 1.82) is 5.26 Å². The number of halogens is 3. The fourth-order valence-electron chi connectivity index (χ4n) is 6.50. The van der Waals surface area contributed by atoms with Gasteiger partial charge < -0.3 is 10.1 Å². The molecule has 1 N–H and O–H groups in total. The van der Waals surface area contributed by atoms with Crippen molar-refractivity contribution in [2.45, 2.75) is 64.1 Å². The van der Waals surface area contributed by atoms with Gasteiger partial charge in [-0.25, -0.2) is 9.07 Å². The van der Waals surface area contributed by atoms with Gasteiger partial charge in [-0.05, 0) is 87.1 Å². The van der Waals surface area contributed by atoms with Gasteiger partial charge in [0.25, 0.3) is 0 Å². The number of nitrogens with zero attached hydrogens (tertiary/aromatic N) is 6. The van der Waals surface area contributed by atoms with E-state index in [0.29, 0.717) is 45.9 Å². The molecule has 2 aromatic heterocycles. The molecule has 48 heavy (non-hydrogen) atoms. The Hall–Kier alpha value is -4.07. The van der Waals surface area contributed by atoms with Crippen molar-refractivity contribution >= 4 is 45.5 Å². The van der Waals surface area contributed by atoms with Gasteiger partial charge in [-0.3, -0.25) is 9.88 Å². The summed E-state index contributed by atoms with van der Waals surface area (Å²) in [5, 5.41) is 23.7. The van der Waals surface area contributed by atoms with Gasteiger partial charge in [0.05, 0.1) is 45.2 Å². The normalized spacial score (nSPS) is 15.0. The second-order valence-electron chi connectivity index (χ2n) is 13.3. The second kappa shape index (κ2) is 14.2. The molecule has 0 aliphatic carbocycles. The second-order valence-corrected chi connectivity index (χ2v) is 14.1. The number of nitriles is 1. The number of methoxy groups -OCH3 is 1. The first-order chi connectivity index (χ1) is 23.0. The zero-order valence-corrected chi connectivity index (χ0v) is 29.0. The molecule has 8 nitrogen and oxygen atoms in total. The van der Waals surface area contributed by atoms with Gasteiger partial charge in [0.1, 0.15) is 11.9 Å². The number of nitrogens with one attached hydrogen (secondary N) is 1. The van der Waals surface area contributed by atoms with E-state index in [1.165, 1.54) is 18.3 Å². The fourth-order valence-corrected chi connectivity index (χ4v) is 6.97. The first-order valence-electron chi connectivity index (χ1n) is 16.0. The summed E-state index contributed by atoms with van der Waals surface area (Å²) in [4.78, 5) is 7.03. The predicted molar refractivity (Wildman–Crippen MR) is 188 cm³/mol. The first-order valence-corrected chi connectivity index (χ1v) is 16.8. The van der Waals surface area contributed by atoms with Crippen LogP contribution in [0.5, 0.6) is 0 Å². The number of ether oxygens (including phenoxy) is 1. The zero-order chi connectivity index (χ0) is 34.0. The number of anilines is 2. The molecular formula is C37H38Cl2FN7O. The summed E-state index contributed by atoms with van der Waals surface area (Å²) in [6.45, 7) is 9.30. The van der Waals surface area contributed by atoms with Gasteiger partial charge in [-0.15, -0.1) is 5.10 Å². The lowest BCUT2D eigenvalue weighted by molar-refractivity contribution is 0.0866. The Morgan fingerprint density at radius 1 is 1.06 bits per heavy atom. The van der Waals surface area contributed by atoms with E-state index >= 15 is 0 Å². The molecule has 1 saturated heterocycles. The van der Waals surface area contributed by atoms with Crippen LogP contribution in [0.25, 0.3) is 10.9 Å². The van der Waals surface area contributed by atoms with Crippen LogP contribution < -0.4 is 5.32 Å². The minimum absolute atomic E-state index is 0.0260. The quantitative estimate of drug-likeness (QED) is 0.166. The van der Waals surface area contributed by atoms with Gasteiger partial charge in [0, 0.05) is 55.1 Å².